The van der Waals surface area contributed by atoms with E-state index in [9.17, 15) is 8.42 Å². The zero-order valence-electron chi connectivity index (χ0n) is 13.4. The van der Waals surface area contributed by atoms with Crippen molar-refractivity contribution in [3.05, 3.63) is 53.3 Å². The molecule has 0 saturated carbocycles. The topological polar surface area (TPSA) is 67.2 Å². The third-order valence-corrected chi connectivity index (χ3v) is 4.88. The number of hydrogen-bond donors (Lipinski definition) is 1. The lowest BCUT2D eigenvalue weighted by atomic mass is 10.1. The van der Waals surface area contributed by atoms with Crippen LogP contribution in [0.3, 0.4) is 0 Å². The largest absolute Gasteiger partial charge is 0.291 e. The molecule has 0 bridgehead atoms. The maximum atomic E-state index is 11.4. The lowest BCUT2D eigenvalue weighted by Crippen LogP contribution is -2.42. The van der Waals surface area contributed by atoms with Crippen LogP contribution in [-0.2, 0) is 23.1 Å². The summed E-state index contributed by atoms with van der Waals surface area (Å²) in [6.07, 6.45) is 2.96. The summed E-state index contributed by atoms with van der Waals surface area (Å²) in [7, 11) is -3.20. The Morgan fingerprint density at radius 3 is 2.83 bits per heavy atom. The first kappa shape index (κ1) is 16.2. The van der Waals surface area contributed by atoms with Gasteiger partial charge in [-0.1, -0.05) is 24.3 Å². The first-order chi connectivity index (χ1) is 10.9. The molecule has 1 aromatic carbocycles. The number of aryl methyl sites for hydroxylation is 1. The Hall–Kier alpha value is -1.70. The van der Waals surface area contributed by atoms with E-state index in [1.165, 1.54) is 17.4 Å². The Morgan fingerprint density at radius 1 is 1.30 bits per heavy atom. The van der Waals surface area contributed by atoms with Gasteiger partial charge in [0.15, 0.2) is 0 Å². The van der Waals surface area contributed by atoms with Crippen molar-refractivity contribution in [2.75, 3.05) is 19.3 Å². The Morgan fingerprint density at radius 2 is 2.09 bits per heavy atom. The van der Waals surface area contributed by atoms with E-state index in [2.05, 4.69) is 39.8 Å². The molecule has 1 aliphatic heterocycles. The smallest absolute Gasteiger partial charge is 0.208 e. The number of benzene rings is 1. The predicted octanol–water partition coefficient (Wildman–Crippen LogP) is 1.30. The molecular formula is C16H22N4O2S. The Bertz CT molecular complexity index is 785. The molecular weight excluding hydrogens is 312 g/mol. The molecule has 7 heteroatoms. The van der Waals surface area contributed by atoms with Gasteiger partial charge in [0.2, 0.25) is 10.0 Å². The minimum atomic E-state index is -3.20. The summed E-state index contributed by atoms with van der Waals surface area (Å²) < 4.78 is 27.3. The summed E-state index contributed by atoms with van der Waals surface area (Å²) in [6, 6.07) is 10.4. The van der Waals surface area contributed by atoms with E-state index in [0.717, 1.165) is 25.3 Å². The van der Waals surface area contributed by atoms with Crippen LogP contribution in [0.4, 0.5) is 0 Å². The first-order valence-electron chi connectivity index (χ1n) is 7.66. The molecule has 0 radical (unpaired) electrons. The van der Waals surface area contributed by atoms with Crippen LogP contribution >= 0.6 is 0 Å². The number of nitrogens with one attached hydrogen (secondary N) is 1. The standard InChI is InChI=1S/C16H22N4O2S/c1-13-5-3-4-6-14(13)10-19-11-15-7-8-17-20(15)16(12-19)9-18-23(2,21)22/h3-8,16,18H,9-12H2,1-2H3. The summed E-state index contributed by atoms with van der Waals surface area (Å²) in [5, 5.41) is 4.35. The number of hydrogen-bond acceptors (Lipinski definition) is 4. The highest BCUT2D eigenvalue weighted by Crippen LogP contribution is 2.22. The van der Waals surface area contributed by atoms with Gasteiger partial charge in [-0.25, -0.2) is 13.1 Å². The van der Waals surface area contributed by atoms with Gasteiger partial charge in [0.25, 0.3) is 0 Å². The molecule has 0 saturated heterocycles. The van der Waals surface area contributed by atoms with Gasteiger partial charge in [0.1, 0.15) is 0 Å². The van der Waals surface area contributed by atoms with Crippen LogP contribution in [0.25, 0.3) is 0 Å². The Balaban J connectivity index is 1.76. The van der Waals surface area contributed by atoms with Crippen LogP contribution < -0.4 is 4.72 Å². The molecule has 124 valence electrons. The molecule has 0 aliphatic carbocycles. The number of rotatable bonds is 5. The minimum absolute atomic E-state index is 0.00694. The predicted molar refractivity (Wildman–Crippen MR) is 89.4 cm³/mol. The molecule has 23 heavy (non-hydrogen) atoms. The quantitative estimate of drug-likeness (QED) is 0.895. The van der Waals surface area contributed by atoms with Gasteiger partial charge in [-0.05, 0) is 24.1 Å². The maximum Gasteiger partial charge on any atom is 0.208 e. The van der Waals surface area contributed by atoms with Gasteiger partial charge in [-0.2, -0.15) is 5.10 Å². The molecule has 2 aromatic rings. The highest BCUT2D eigenvalue weighted by molar-refractivity contribution is 7.88. The van der Waals surface area contributed by atoms with Crippen LogP contribution in [0.1, 0.15) is 22.9 Å². The van der Waals surface area contributed by atoms with Crippen molar-refractivity contribution < 1.29 is 8.42 Å². The van der Waals surface area contributed by atoms with E-state index >= 15 is 0 Å². The lowest BCUT2D eigenvalue weighted by molar-refractivity contribution is 0.167. The molecule has 0 spiro atoms. The van der Waals surface area contributed by atoms with Gasteiger partial charge < -0.3 is 0 Å². The summed E-state index contributed by atoms with van der Waals surface area (Å²) in [5.41, 5.74) is 3.69. The zero-order chi connectivity index (χ0) is 16.4. The van der Waals surface area contributed by atoms with E-state index in [1.54, 1.807) is 6.20 Å². The summed E-state index contributed by atoms with van der Waals surface area (Å²) >= 11 is 0. The average molecular weight is 334 g/mol. The van der Waals surface area contributed by atoms with Crippen molar-refractivity contribution in [2.45, 2.75) is 26.1 Å². The lowest BCUT2D eigenvalue weighted by Gasteiger charge is -2.34. The molecule has 1 aromatic heterocycles. The fraction of sp³-hybridized carbons (Fsp3) is 0.438. The number of sulfonamides is 1. The van der Waals surface area contributed by atoms with Crippen LogP contribution in [0, 0.1) is 6.92 Å². The van der Waals surface area contributed by atoms with Crippen LogP contribution in [-0.4, -0.2) is 42.4 Å². The summed E-state index contributed by atoms with van der Waals surface area (Å²) in [5.74, 6) is 0. The SMILES string of the molecule is Cc1ccccc1CN1Cc2ccnn2C(CNS(C)(=O)=O)C1. The highest BCUT2D eigenvalue weighted by Gasteiger charge is 2.26. The van der Waals surface area contributed by atoms with Crippen molar-refractivity contribution in [1.29, 1.82) is 0 Å². The third kappa shape index (κ3) is 3.99. The maximum absolute atomic E-state index is 11.4. The summed E-state index contributed by atoms with van der Waals surface area (Å²) in [4.78, 5) is 2.34. The second-order valence-corrected chi connectivity index (χ2v) is 7.97. The van der Waals surface area contributed by atoms with E-state index in [0.29, 0.717) is 6.54 Å². The van der Waals surface area contributed by atoms with E-state index in [4.69, 9.17) is 0 Å². The molecule has 1 N–H and O–H groups in total. The highest BCUT2D eigenvalue weighted by atomic mass is 32.2. The number of nitrogens with zero attached hydrogens (tertiary/aromatic N) is 3. The Kier molecular flexibility index (Phi) is 4.52. The number of fused-ring (bicyclic) bond motifs is 1. The van der Waals surface area contributed by atoms with Crippen molar-refractivity contribution >= 4 is 10.0 Å². The molecule has 1 unspecified atom stereocenters. The normalized spacial score (nSPS) is 18.8. The molecule has 0 amide bonds. The van der Waals surface area contributed by atoms with E-state index in [-0.39, 0.29) is 6.04 Å². The molecule has 0 fully saturated rings. The first-order valence-corrected chi connectivity index (χ1v) is 9.55. The molecule has 1 atom stereocenters. The molecule has 2 heterocycles. The van der Waals surface area contributed by atoms with Crippen molar-refractivity contribution in [2.24, 2.45) is 0 Å². The molecule has 1 aliphatic rings. The second-order valence-electron chi connectivity index (χ2n) is 6.14. The Labute approximate surface area is 137 Å². The van der Waals surface area contributed by atoms with Crippen LogP contribution in [0.2, 0.25) is 0 Å². The van der Waals surface area contributed by atoms with E-state index in [1.807, 2.05) is 16.8 Å². The average Bonchev–Trinajstić information content (AvgIpc) is 2.95. The van der Waals surface area contributed by atoms with Gasteiger partial charge in [0.05, 0.1) is 18.0 Å². The monoisotopic (exact) mass is 334 g/mol. The van der Waals surface area contributed by atoms with Gasteiger partial charge in [0, 0.05) is 32.4 Å². The number of aromatic nitrogens is 2. The van der Waals surface area contributed by atoms with E-state index < -0.39 is 10.0 Å². The fourth-order valence-electron chi connectivity index (χ4n) is 3.01. The van der Waals surface area contributed by atoms with Crippen LogP contribution in [0.15, 0.2) is 36.5 Å². The van der Waals surface area contributed by atoms with Gasteiger partial charge >= 0.3 is 0 Å². The zero-order valence-corrected chi connectivity index (χ0v) is 14.3. The second kappa shape index (κ2) is 6.43. The van der Waals surface area contributed by atoms with Crippen LogP contribution in [0.5, 0.6) is 0 Å². The third-order valence-electron chi connectivity index (χ3n) is 4.19. The molecule has 3 rings (SSSR count). The van der Waals surface area contributed by atoms with Gasteiger partial charge in [-0.15, -0.1) is 0 Å². The molecule has 6 nitrogen and oxygen atoms in total. The van der Waals surface area contributed by atoms with Crippen molar-refractivity contribution in [3.63, 3.8) is 0 Å². The van der Waals surface area contributed by atoms with Crippen molar-refractivity contribution in [3.8, 4) is 0 Å². The summed E-state index contributed by atoms with van der Waals surface area (Å²) in [6.45, 7) is 4.92. The fourth-order valence-corrected chi connectivity index (χ4v) is 3.51. The van der Waals surface area contributed by atoms with Gasteiger partial charge in [-0.3, -0.25) is 9.58 Å². The minimum Gasteiger partial charge on any atom is -0.291 e. The van der Waals surface area contributed by atoms with Crippen molar-refractivity contribution in [1.82, 2.24) is 19.4 Å².